The summed E-state index contributed by atoms with van der Waals surface area (Å²) in [5, 5.41) is 0. The van der Waals surface area contributed by atoms with Crippen molar-refractivity contribution in [3.05, 3.63) is 11.6 Å². The average molecular weight is 146 g/mol. The molecular weight excluding hydrogens is 129 g/mol. The highest BCUT2D eigenvalue weighted by Crippen LogP contribution is 2.22. The van der Waals surface area contributed by atoms with E-state index in [2.05, 4.69) is 13.8 Å². The van der Waals surface area contributed by atoms with E-state index in [1.165, 1.54) is 52.7 Å². The first kappa shape index (κ1) is 9.03. The van der Waals surface area contributed by atoms with Crippen molar-refractivity contribution in [2.75, 3.05) is 0 Å². The van der Waals surface area contributed by atoms with Crippen LogP contribution in [-0.2, 0) is 0 Å². The summed E-state index contributed by atoms with van der Waals surface area (Å²) in [6.07, 6.45) is 10.9. The van der Waals surface area contributed by atoms with Gasteiger partial charge in [-0.2, -0.15) is 0 Å². The zero-order valence-electron chi connectivity index (χ0n) is 7.73. The van der Waals surface area contributed by atoms with Crippen molar-refractivity contribution in [2.24, 2.45) is 0 Å². The first-order valence-corrected chi connectivity index (χ1v) is 5.11. The highest BCUT2D eigenvalue weighted by molar-refractivity contribution is 7.23. The highest BCUT2D eigenvalue weighted by atomic mass is 14.1. The largest absolute Gasteiger partial charge is 0.0936 e. The fraction of sp³-hybridized carbons (Fsp3) is 0.750. The molecule has 0 saturated heterocycles. The van der Waals surface area contributed by atoms with E-state index in [0.29, 0.717) is 0 Å². The van der Waals surface area contributed by atoms with E-state index in [0.717, 1.165) is 0 Å². The molecule has 0 atom stereocenters. The molecular formula is C8H17B3. The van der Waals surface area contributed by atoms with Crippen LogP contribution >= 0.6 is 0 Å². The molecule has 0 radical (unpaired) electrons. The number of rotatable bonds is 3. The molecule has 1 aliphatic rings. The molecule has 58 valence electrons. The van der Waals surface area contributed by atoms with Crippen LogP contribution in [0.15, 0.2) is 11.6 Å². The Kier molecular flexibility index (Phi) is 4.57. The third kappa shape index (κ3) is 3.74. The summed E-state index contributed by atoms with van der Waals surface area (Å²) in [7, 11) is 4.98. The summed E-state index contributed by atoms with van der Waals surface area (Å²) in [6.45, 7) is 0. The van der Waals surface area contributed by atoms with Gasteiger partial charge in [0.05, 0.1) is 22.0 Å². The predicted octanol–water partition coefficient (Wildman–Crippen LogP) is 0.631. The molecule has 0 spiro atoms. The van der Waals surface area contributed by atoms with Gasteiger partial charge in [0.1, 0.15) is 0 Å². The van der Waals surface area contributed by atoms with Crippen LogP contribution in [0.25, 0.3) is 0 Å². The van der Waals surface area contributed by atoms with E-state index in [9.17, 15) is 0 Å². The molecule has 0 bridgehead atoms. The molecule has 0 aromatic carbocycles. The summed E-state index contributed by atoms with van der Waals surface area (Å²) in [5.74, 6) is 0. The molecule has 1 aliphatic carbocycles. The zero-order valence-corrected chi connectivity index (χ0v) is 7.73. The average Bonchev–Trinajstić information content (AvgIpc) is 2.07. The lowest BCUT2D eigenvalue weighted by Gasteiger charge is -2.12. The summed E-state index contributed by atoms with van der Waals surface area (Å²) >= 11 is 0. The maximum atomic E-state index is 2.49. The minimum atomic E-state index is 1.33. The van der Waals surface area contributed by atoms with E-state index in [1.807, 2.05) is 0 Å². The second-order valence-corrected chi connectivity index (χ2v) is 3.57. The zero-order chi connectivity index (χ0) is 7.94. The molecule has 0 N–H and O–H groups in total. The molecule has 0 amide bonds. The normalized spacial score (nSPS) is 17.6. The van der Waals surface area contributed by atoms with E-state index >= 15 is 0 Å². The molecule has 1 rings (SSSR count). The Morgan fingerprint density at radius 1 is 1.27 bits per heavy atom. The molecule has 0 unspecified atom stereocenters. The molecule has 0 nitrogen and oxygen atoms in total. The highest BCUT2D eigenvalue weighted by Gasteiger charge is 2.03. The molecule has 0 aromatic rings. The molecule has 0 aliphatic heterocycles. The molecule has 11 heavy (non-hydrogen) atoms. The summed E-state index contributed by atoms with van der Waals surface area (Å²) < 4.78 is 0. The smallest absolute Gasteiger partial charge is 0.0827 e. The lowest BCUT2D eigenvalue weighted by Crippen LogP contribution is -2.01. The Labute approximate surface area is 72.7 Å². The Hall–Kier alpha value is -0.0652. The maximum absolute atomic E-state index is 2.49. The maximum Gasteiger partial charge on any atom is 0.0827 e. The quantitative estimate of drug-likeness (QED) is 0.311. The van der Waals surface area contributed by atoms with Crippen molar-refractivity contribution < 1.29 is 0 Å². The minimum absolute atomic E-state index is 1.33. The Balaban J connectivity index is 2.15. The molecule has 1 fully saturated rings. The van der Waals surface area contributed by atoms with E-state index in [4.69, 9.17) is 0 Å². The van der Waals surface area contributed by atoms with Crippen molar-refractivity contribution >= 4 is 22.0 Å². The van der Waals surface area contributed by atoms with Crippen LogP contribution in [0.5, 0.6) is 0 Å². The molecule has 1 saturated carbocycles. The molecule has 3 heteroatoms. The SMILES string of the molecule is BBBCC=C1CCCCC1. The van der Waals surface area contributed by atoms with Crippen LogP contribution in [0.2, 0.25) is 6.32 Å². The summed E-state index contributed by atoms with van der Waals surface area (Å²) in [4.78, 5) is 0. The van der Waals surface area contributed by atoms with Gasteiger partial charge in [0.25, 0.3) is 0 Å². The second kappa shape index (κ2) is 5.57. The van der Waals surface area contributed by atoms with Gasteiger partial charge in [-0.05, 0) is 25.7 Å². The van der Waals surface area contributed by atoms with Gasteiger partial charge >= 0.3 is 0 Å². The predicted molar refractivity (Wildman–Crippen MR) is 58.8 cm³/mol. The van der Waals surface area contributed by atoms with Crippen LogP contribution < -0.4 is 0 Å². The van der Waals surface area contributed by atoms with E-state index in [-0.39, 0.29) is 0 Å². The first-order valence-electron chi connectivity index (χ1n) is 5.11. The van der Waals surface area contributed by atoms with Gasteiger partial charge < -0.3 is 0 Å². The van der Waals surface area contributed by atoms with Crippen molar-refractivity contribution in [1.82, 2.24) is 0 Å². The summed E-state index contributed by atoms with van der Waals surface area (Å²) in [6, 6.07) is 0. The van der Waals surface area contributed by atoms with Gasteiger partial charge in [-0.25, -0.2) is 0 Å². The van der Waals surface area contributed by atoms with Crippen molar-refractivity contribution in [3.8, 4) is 0 Å². The number of allylic oxidation sites excluding steroid dienone is 2. The van der Waals surface area contributed by atoms with Crippen molar-refractivity contribution in [2.45, 2.75) is 38.4 Å². The lowest BCUT2D eigenvalue weighted by molar-refractivity contribution is 0.598. The topological polar surface area (TPSA) is 0 Å². The summed E-state index contributed by atoms with van der Waals surface area (Å²) in [5.41, 5.74) is 1.74. The fourth-order valence-electron chi connectivity index (χ4n) is 1.72. The van der Waals surface area contributed by atoms with Crippen LogP contribution in [0.1, 0.15) is 32.1 Å². The third-order valence-electron chi connectivity index (χ3n) is 2.49. The lowest BCUT2D eigenvalue weighted by atomic mass is 9.27. The van der Waals surface area contributed by atoms with E-state index < -0.39 is 0 Å². The van der Waals surface area contributed by atoms with Gasteiger partial charge in [0.2, 0.25) is 0 Å². The Bertz CT molecular complexity index is 123. The van der Waals surface area contributed by atoms with Gasteiger partial charge in [0.15, 0.2) is 0 Å². The van der Waals surface area contributed by atoms with E-state index in [1.54, 1.807) is 5.57 Å². The first-order chi connectivity index (χ1) is 5.43. The minimum Gasteiger partial charge on any atom is -0.0936 e. The molecule has 0 heterocycles. The fourth-order valence-corrected chi connectivity index (χ4v) is 1.72. The van der Waals surface area contributed by atoms with Gasteiger partial charge in [-0.1, -0.05) is 24.4 Å². The van der Waals surface area contributed by atoms with Gasteiger partial charge in [0, 0.05) is 0 Å². The van der Waals surface area contributed by atoms with Crippen molar-refractivity contribution in [3.63, 3.8) is 0 Å². The Morgan fingerprint density at radius 3 is 2.64 bits per heavy atom. The Morgan fingerprint density at radius 2 is 2.00 bits per heavy atom. The molecule has 0 aromatic heterocycles. The standard InChI is InChI=1S/C8H17B3/c9-11-10-7-6-8-4-2-1-3-5-8/h6,10-11H,1-5,7,9H2. The second-order valence-electron chi connectivity index (χ2n) is 3.57. The van der Waals surface area contributed by atoms with Gasteiger partial charge in [-0.15, -0.1) is 0 Å². The van der Waals surface area contributed by atoms with Crippen LogP contribution in [0, 0.1) is 0 Å². The number of hydrogen-bond acceptors (Lipinski definition) is 0. The van der Waals surface area contributed by atoms with Crippen LogP contribution in [0.3, 0.4) is 0 Å². The van der Waals surface area contributed by atoms with Gasteiger partial charge in [-0.3, -0.25) is 0 Å². The third-order valence-corrected chi connectivity index (χ3v) is 2.49. The van der Waals surface area contributed by atoms with Crippen molar-refractivity contribution in [1.29, 1.82) is 0 Å². The number of hydrogen-bond donors (Lipinski definition) is 0. The van der Waals surface area contributed by atoms with Crippen LogP contribution in [0.4, 0.5) is 0 Å². The monoisotopic (exact) mass is 146 g/mol. The van der Waals surface area contributed by atoms with Crippen LogP contribution in [-0.4, -0.2) is 22.0 Å².